The van der Waals surface area contributed by atoms with Gasteiger partial charge in [0.15, 0.2) is 0 Å². The lowest BCUT2D eigenvalue weighted by Crippen LogP contribution is -2.54. The molecule has 2 aliphatic rings. The Morgan fingerprint density at radius 1 is 1.48 bits per heavy atom. The first kappa shape index (κ1) is 14.6. The molecule has 3 N–H and O–H groups in total. The number of nitrogens with two attached hydrogens (primary N) is 1. The molecule has 0 aromatic heterocycles. The van der Waals surface area contributed by atoms with Crippen molar-refractivity contribution in [1.29, 1.82) is 0 Å². The summed E-state index contributed by atoms with van der Waals surface area (Å²) < 4.78 is 19.3. The molecule has 0 bridgehead atoms. The van der Waals surface area contributed by atoms with E-state index < -0.39 is 11.9 Å². The number of hydrogen-bond acceptors (Lipinski definition) is 4. The Balaban J connectivity index is 1.86. The van der Waals surface area contributed by atoms with Gasteiger partial charge in [-0.15, -0.1) is 0 Å². The van der Waals surface area contributed by atoms with Crippen molar-refractivity contribution in [3.05, 3.63) is 22.4 Å². The Labute approximate surface area is 130 Å². The quantitative estimate of drug-likeness (QED) is 0.807. The molecule has 2 fully saturated rings. The first-order valence-corrected chi connectivity index (χ1v) is 7.75. The lowest BCUT2D eigenvalue weighted by Gasteiger charge is -2.37. The fourth-order valence-electron chi connectivity index (χ4n) is 2.43. The first-order chi connectivity index (χ1) is 10.1. The molecule has 1 saturated heterocycles. The monoisotopic (exact) mass is 357 g/mol. The number of nitrogen functional groups attached to an aromatic ring is 1. The second kappa shape index (κ2) is 5.81. The number of benzene rings is 1. The molecule has 3 rings (SSSR count). The number of hydrogen-bond donors (Lipinski definition) is 2. The molecule has 1 atom stereocenters. The van der Waals surface area contributed by atoms with E-state index in [0.29, 0.717) is 41.6 Å². The molecule has 1 aliphatic heterocycles. The summed E-state index contributed by atoms with van der Waals surface area (Å²) in [6.45, 7) is 1.37. The summed E-state index contributed by atoms with van der Waals surface area (Å²) in [7, 11) is 0. The van der Waals surface area contributed by atoms with Gasteiger partial charge in [-0.25, -0.2) is 4.39 Å². The topological polar surface area (TPSA) is 67.6 Å². The van der Waals surface area contributed by atoms with Crippen LogP contribution >= 0.6 is 15.9 Å². The molecule has 0 spiro atoms. The number of rotatable bonds is 3. The Bertz CT molecular complexity index is 565. The van der Waals surface area contributed by atoms with Crippen molar-refractivity contribution >= 4 is 33.2 Å². The van der Waals surface area contributed by atoms with Crippen LogP contribution in [0.5, 0.6) is 0 Å². The van der Waals surface area contributed by atoms with Crippen molar-refractivity contribution in [1.82, 2.24) is 5.32 Å². The summed E-state index contributed by atoms with van der Waals surface area (Å²) in [5.41, 5.74) is 6.90. The molecule has 1 unspecified atom stereocenters. The highest BCUT2D eigenvalue weighted by Gasteiger charge is 2.34. The van der Waals surface area contributed by atoms with E-state index in [2.05, 4.69) is 21.2 Å². The Morgan fingerprint density at radius 2 is 2.24 bits per heavy atom. The number of ether oxygens (including phenoxy) is 1. The highest BCUT2D eigenvalue weighted by atomic mass is 79.9. The largest absolute Gasteiger partial charge is 0.397 e. The lowest BCUT2D eigenvalue weighted by atomic mass is 10.1. The van der Waals surface area contributed by atoms with Crippen LogP contribution in [0.15, 0.2) is 16.6 Å². The maximum Gasteiger partial charge on any atom is 0.245 e. The van der Waals surface area contributed by atoms with Gasteiger partial charge >= 0.3 is 0 Å². The lowest BCUT2D eigenvalue weighted by molar-refractivity contribution is -0.124. The van der Waals surface area contributed by atoms with E-state index >= 15 is 0 Å². The fraction of sp³-hybridized carbons (Fsp3) is 0.500. The standard InChI is InChI=1S/C14H17BrFN3O2/c15-9-5-12(11(17)6-10(9)16)19-3-4-21-7-13(19)14(20)18-8-1-2-8/h5-6,8,13H,1-4,7,17H2,(H,18,20). The van der Waals surface area contributed by atoms with E-state index in [-0.39, 0.29) is 5.91 Å². The van der Waals surface area contributed by atoms with Crippen LogP contribution in [-0.2, 0) is 9.53 Å². The summed E-state index contributed by atoms with van der Waals surface area (Å²) in [6, 6.07) is 2.75. The van der Waals surface area contributed by atoms with Gasteiger partial charge in [0.05, 0.1) is 29.1 Å². The third-order valence-electron chi connectivity index (χ3n) is 3.73. The molecule has 21 heavy (non-hydrogen) atoms. The molecule has 1 amide bonds. The smallest absolute Gasteiger partial charge is 0.245 e. The Hall–Kier alpha value is -1.34. The molecule has 7 heteroatoms. The molecular formula is C14H17BrFN3O2. The van der Waals surface area contributed by atoms with Crippen LogP contribution in [0.4, 0.5) is 15.8 Å². The summed E-state index contributed by atoms with van der Waals surface area (Å²) >= 11 is 3.17. The molecule has 1 heterocycles. The van der Waals surface area contributed by atoms with Crippen molar-refractivity contribution in [2.75, 3.05) is 30.4 Å². The summed E-state index contributed by atoms with van der Waals surface area (Å²) in [5.74, 6) is -0.472. The fourth-order valence-corrected chi connectivity index (χ4v) is 2.77. The van der Waals surface area contributed by atoms with Crippen LogP contribution in [-0.4, -0.2) is 37.7 Å². The summed E-state index contributed by atoms with van der Waals surface area (Å²) in [6.07, 6.45) is 2.06. The zero-order valence-electron chi connectivity index (χ0n) is 11.4. The van der Waals surface area contributed by atoms with Crippen molar-refractivity contribution in [2.24, 2.45) is 0 Å². The number of nitrogens with one attached hydrogen (secondary N) is 1. The number of carbonyl (C=O) groups excluding carboxylic acids is 1. The predicted molar refractivity (Wildman–Crippen MR) is 81.6 cm³/mol. The van der Waals surface area contributed by atoms with E-state index in [0.717, 1.165) is 12.8 Å². The maximum absolute atomic E-state index is 13.5. The van der Waals surface area contributed by atoms with Crippen molar-refractivity contribution in [3.63, 3.8) is 0 Å². The maximum atomic E-state index is 13.5. The van der Waals surface area contributed by atoms with Crippen LogP contribution in [0.25, 0.3) is 0 Å². The van der Waals surface area contributed by atoms with Crippen molar-refractivity contribution in [2.45, 2.75) is 24.9 Å². The van der Waals surface area contributed by atoms with E-state index in [9.17, 15) is 9.18 Å². The van der Waals surface area contributed by atoms with E-state index in [1.54, 1.807) is 6.07 Å². The minimum atomic E-state index is -0.431. The predicted octanol–water partition coefficient (Wildman–Crippen LogP) is 1.65. The first-order valence-electron chi connectivity index (χ1n) is 6.95. The van der Waals surface area contributed by atoms with Gasteiger partial charge in [-0.2, -0.15) is 0 Å². The third-order valence-corrected chi connectivity index (χ3v) is 4.34. The van der Waals surface area contributed by atoms with Gasteiger partial charge in [-0.1, -0.05) is 0 Å². The van der Waals surface area contributed by atoms with Gasteiger partial charge < -0.3 is 20.7 Å². The molecule has 114 valence electrons. The van der Waals surface area contributed by atoms with Gasteiger partial charge in [-0.05, 0) is 34.8 Å². The summed E-state index contributed by atoms with van der Waals surface area (Å²) in [4.78, 5) is 14.2. The van der Waals surface area contributed by atoms with Crippen LogP contribution in [0.3, 0.4) is 0 Å². The van der Waals surface area contributed by atoms with Gasteiger partial charge in [0.25, 0.3) is 0 Å². The number of nitrogens with zero attached hydrogens (tertiary/aromatic N) is 1. The highest BCUT2D eigenvalue weighted by Crippen LogP contribution is 2.32. The van der Waals surface area contributed by atoms with Crippen molar-refractivity contribution < 1.29 is 13.9 Å². The molecule has 1 aromatic rings. The molecule has 1 saturated carbocycles. The minimum absolute atomic E-state index is 0.0583. The zero-order chi connectivity index (χ0) is 15.0. The van der Waals surface area contributed by atoms with Crippen LogP contribution in [0.2, 0.25) is 0 Å². The minimum Gasteiger partial charge on any atom is -0.397 e. The van der Waals surface area contributed by atoms with Gasteiger partial charge in [-0.3, -0.25) is 4.79 Å². The average molecular weight is 358 g/mol. The van der Waals surface area contributed by atoms with Crippen LogP contribution in [0.1, 0.15) is 12.8 Å². The van der Waals surface area contributed by atoms with Crippen molar-refractivity contribution in [3.8, 4) is 0 Å². The second-order valence-corrected chi connectivity index (χ2v) is 6.25. The number of amides is 1. The van der Waals surface area contributed by atoms with E-state index in [1.165, 1.54) is 6.07 Å². The SMILES string of the molecule is Nc1cc(F)c(Br)cc1N1CCOCC1C(=O)NC1CC1. The molecule has 1 aliphatic carbocycles. The number of carbonyl (C=O) groups is 1. The van der Waals surface area contributed by atoms with Gasteiger partial charge in [0.2, 0.25) is 5.91 Å². The Morgan fingerprint density at radius 3 is 2.95 bits per heavy atom. The molecule has 1 aromatic carbocycles. The van der Waals surface area contributed by atoms with Gasteiger partial charge in [0.1, 0.15) is 11.9 Å². The summed E-state index contributed by atoms with van der Waals surface area (Å²) in [5, 5.41) is 2.98. The Kier molecular flexibility index (Phi) is 4.03. The molecule has 0 radical (unpaired) electrons. The number of anilines is 2. The normalized spacial score (nSPS) is 22.2. The van der Waals surface area contributed by atoms with Crippen LogP contribution in [0, 0.1) is 5.82 Å². The highest BCUT2D eigenvalue weighted by molar-refractivity contribution is 9.10. The van der Waals surface area contributed by atoms with E-state index in [4.69, 9.17) is 10.5 Å². The molecular weight excluding hydrogens is 341 g/mol. The number of morpholine rings is 1. The number of halogens is 2. The van der Waals surface area contributed by atoms with E-state index in [1.807, 2.05) is 4.90 Å². The average Bonchev–Trinajstić information content (AvgIpc) is 3.27. The van der Waals surface area contributed by atoms with Gasteiger partial charge in [0, 0.05) is 18.7 Å². The second-order valence-electron chi connectivity index (χ2n) is 5.39. The zero-order valence-corrected chi connectivity index (χ0v) is 13.0. The van der Waals surface area contributed by atoms with Crippen LogP contribution < -0.4 is 16.0 Å². The molecule has 5 nitrogen and oxygen atoms in total. The third kappa shape index (κ3) is 3.13.